The number of carbonyl (C=O) groups is 1. The van der Waals surface area contributed by atoms with Crippen molar-refractivity contribution in [2.24, 2.45) is 11.5 Å². The summed E-state index contributed by atoms with van der Waals surface area (Å²) in [6.07, 6.45) is 4.74. The van der Waals surface area contributed by atoms with Gasteiger partial charge in [0.25, 0.3) is 0 Å². The molecule has 1 aliphatic rings. The Labute approximate surface area is 295 Å². The summed E-state index contributed by atoms with van der Waals surface area (Å²) in [5.41, 5.74) is 20.6. The predicted molar refractivity (Wildman–Crippen MR) is 183 cm³/mol. The molecular formula is C30H50N10O10S. The van der Waals surface area contributed by atoms with Crippen molar-refractivity contribution in [2.45, 2.75) is 75.1 Å². The standard InChI is InChI=1S/C30H50N10O10S/c1-51(44,45)38-6-9-46-11-13-48-14-12-47-10-7-40-20(16-37-39-40)3-2-8-49-28-23(15-19(31)4-5-22(32)30(42)43)50-27(26(28)41)21-17-34-25-24(21)35-18-36-29(25)33/h16-19,22-23,26-28,34,38,41H,2-15,31-32H2,1H3,(H,42,43)(H2,33,35,36)/t19-,22-,23+,26-,27-,28+/m0/s1. The Morgan fingerprint density at radius 1 is 1.10 bits per heavy atom. The zero-order chi connectivity index (χ0) is 36.8. The van der Waals surface area contributed by atoms with Gasteiger partial charge in [0.15, 0.2) is 5.82 Å². The van der Waals surface area contributed by atoms with Crippen LogP contribution in [0.1, 0.15) is 43.0 Å². The number of sulfonamides is 1. The van der Waals surface area contributed by atoms with Gasteiger partial charge in [0, 0.05) is 31.0 Å². The summed E-state index contributed by atoms with van der Waals surface area (Å²) in [5.74, 6) is -0.822. The van der Waals surface area contributed by atoms with Crippen molar-refractivity contribution in [3.63, 3.8) is 0 Å². The molecule has 3 aromatic heterocycles. The number of aliphatic carboxylic acids is 1. The second kappa shape index (κ2) is 20.0. The molecule has 1 saturated heterocycles. The molecule has 0 amide bonds. The van der Waals surface area contributed by atoms with Gasteiger partial charge in [-0.2, -0.15) is 0 Å². The van der Waals surface area contributed by atoms with Gasteiger partial charge in [0.1, 0.15) is 36.2 Å². The maximum atomic E-state index is 11.5. The minimum Gasteiger partial charge on any atom is -0.480 e. The van der Waals surface area contributed by atoms with Crippen molar-refractivity contribution < 1.29 is 47.1 Å². The molecule has 0 saturated carbocycles. The summed E-state index contributed by atoms with van der Waals surface area (Å²) in [7, 11) is -3.22. The SMILES string of the molecule is CS(=O)(=O)NCCOCCOCCOCCn1nncc1CCCO[C@H]1[C@@H](O)[C@H](c2c[nH]c3c(N)ncnc23)O[C@@H]1C[C@@H](N)CC[C@H](N)C(=O)O. The molecule has 3 aromatic rings. The molecule has 0 spiro atoms. The van der Waals surface area contributed by atoms with Crippen molar-refractivity contribution in [1.82, 2.24) is 34.7 Å². The van der Waals surface area contributed by atoms with Crippen LogP contribution in [0.4, 0.5) is 5.82 Å². The van der Waals surface area contributed by atoms with Gasteiger partial charge in [0.2, 0.25) is 10.0 Å². The van der Waals surface area contributed by atoms with Crippen LogP contribution in [0.3, 0.4) is 0 Å². The quantitative estimate of drug-likeness (QED) is 0.0484. The number of hydrogen-bond donors (Lipinski definition) is 7. The number of nitrogen functional groups attached to an aromatic ring is 1. The van der Waals surface area contributed by atoms with Crippen LogP contribution in [0.5, 0.6) is 0 Å². The van der Waals surface area contributed by atoms with Gasteiger partial charge in [-0.05, 0) is 32.1 Å². The number of fused-ring (bicyclic) bond motifs is 1. The molecule has 20 nitrogen and oxygen atoms in total. The van der Waals surface area contributed by atoms with E-state index in [1.54, 1.807) is 17.1 Å². The van der Waals surface area contributed by atoms with Crippen molar-refractivity contribution in [3.05, 3.63) is 30.0 Å². The summed E-state index contributed by atoms with van der Waals surface area (Å²) < 4.78 is 55.1. The average molecular weight is 743 g/mol. The van der Waals surface area contributed by atoms with E-state index in [2.05, 4.69) is 30.0 Å². The number of nitrogens with zero attached hydrogens (tertiary/aromatic N) is 5. The lowest BCUT2D eigenvalue weighted by atomic mass is 9.97. The Hall–Kier alpha value is -3.38. The zero-order valence-corrected chi connectivity index (χ0v) is 29.4. The Balaban J connectivity index is 1.21. The van der Waals surface area contributed by atoms with E-state index in [9.17, 15) is 18.3 Å². The van der Waals surface area contributed by atoms with E-state index in [1.165, 1.54) is 6.33 Å². The Bertz CT molecular complexity index is 1610. The van der Waals surface area contributed by atoms with Gasteiger partial charge in [-0.1, -0.05) is 5.21 Å². The topological polar surface area (TPSA) is 300 Å². The van der Waals surface area contributed by atoms with Crippen LogP contribution in [0.2, 0.25) is 0 Å². The second-order valence-electron chi connectivity index (χ2n) is 12.2. The number of aryl methyl sites for hydroxylation is 1. The maximum absolute atomic E-state index is 11.5. The van der Waals surface area contributed by atoms with Gasteiger partial charge >= 0.3 is 5.97 Å². The number of H-pyrrole nitrogens is 1. The van der Waals surface area contributed by atoms with Crippen molar-refractivity contribution in [1.29, 1.82) is 0 Å². The van der Waals surface area contributed by atoms with E-state index in [-0.39, 0.29) is 25.4 Å². The van der Waals surface area contributed by atoms with Crippen LogP contribution in [0.15, 0.2) is 18.7 Å². The molecule has 4 heterocycles. The van der Waals surface area contributed by atoms with Gasteiger partial charge in [-0.25, -0.2) is 27.8 Å². The number of hydrogen-bond acceptors (Lipinski definition) is 16. The van der Waals surface area contributed by atoms with Crippen LogP contribution < -0.4 is 21.9 Å². The molecule has 51 heavy (non-hydrogen) atoms. The minimum absolute atomic E-state index is 0.200. The fourth-order valence-electron chi connectivity index (χ4n) is 5.65. The number of nitrogens with two attached hydrogens (primary N) is 3. The molecule has 0 radical (unpaired) electrons. The van der Waals surface area contributed by atoms with Crippen LogP contribution in [-0.4, -0.2) is 144 Å². The van der Waals surface area contributed by atoms with E-state index in [4.69, 9.17) is 46.0 Å². The van der Waals surface area contributed by atoms with E-state index in [0.717, 1.165) is 11.9 Å². The summed E-state index contributed by atoms with van der Waals surface area (Å²) >= 11 is 0. The molecule has 0 bridgehead atoms. The molecule has 6 atom stereocenters. The second-order valence-corrected chi connectivity index (χ2v) is 14.1. The third-order valence-corrected chi connectivity index (χ3v) is 8.98. The highest BCUT2D eigenvalue weighted by Crippen LogP contribution is 2.40. The fourth-order valence-corrected chi connectivity index (χ4v) is 6.10. The number of carboxylic acids is 1. The fraction of sp³-hybridized carbons (Fsp3) is 0.700. The molecule has 1 aliphatic heterocycles. The van der Waals surface area contributed by atoms with Gasteiger partial charge in [0.05, 0.1) is 76.0 Å². The third-order valence-electron chi connectivity index (χ3n) is 8.25. The van der Waals surface area contributed by atoms with E-state index in [1.807, 2.05) is 0 Å². The molecule has 21 heteroatoms. The monoisotopic (exact) mass is 742 g/mol. The maximum Gasteiger partial charge on any atom is 0.320 e. The number of ether oxygens (including phenoxy) is 5. The predicted octanol–water partition coefficient (Wildman–Crippen LogP) is -1.54. The minimum atomic E-state index is -3.22. The smallest absolute Gasteiger partial charge is 0.320 e. The highest BCUT2D eigenvalue weighted by atomic mass is 32.2. The lowest BCUT2D eigenvalue weighted by molar-refractivity contribution is -0.138. The number of rotatable bonds is 25. The largest absolute Gasteiger partial charge is 0.480 e. The molecule has 0 aromatic carbocycles. The summed E-state index contributed by atoms with van der Waals surface area (Å²) in [4.78, 5) is 22.6. The molecule has 1 fully saturated rings. The number of aromatic nitrogens is 6. The first-order valence-electron chi connectivity index (χ1n) is 16.8. The van der Waals surface area contributed by atoms with Gasteiger partial charge < -0.3 is 56.1 Å². The molecule has 0 aliphatic carbocycles. The number of anilines is 1. The number of carboxylic acid groups (broad SMARTS) is 1. The highest BCUT2D eigenvalue weighted by Gasteiger charge is 2.46. The Morgan fingerprint density at radius 2 is 1.82 bits per heavy atom. The summed E-state index contributed by atoms with van der Waals surface area (Å²) in [6.45, 7) is 3.15. The number of aliphatic hydroxyl groups excluding tert-OH is 1. The summed E-state index contributed by atoms with van der Waals surface area (Å²) in [6, 6.07) is -1.46. The number of aliphatic hydroxyl groups is 1. The van der Waals surface area contributed by atoms with E-state index < -0.39 is 52.5 Å². The molecule has 4 rings (SSSR count). The van der Waals surface area contributed by atoms with Crippen molar-refractivity contribution in [2.75, 3.05) is 64.8 Å². The van der Waals surface area contributed by atoms with Crippen LogP contribution in [0, 0.1) is 0 Å². The lowest BCUT2D eigenvalue weighted by Crippen LogP contribution is -2.39. The van der Waals surface area contributed by atoms with Gasteiger partial charge in [-0.3, -0.25) is 4.79 Å². The molecule has 286 valence electrons. The number of nitrogens with one attached hydrogen (secondary N) is 2. The Morgan fingerprint density at radius 3 is 2.55 bits per heavy atom. The number of aromatic amines is 1. The summed E-state index contributed by atoms with van der Waals surface area (Å²) in [5, 5.41) is 28.8. The molecular weight excluding hydrogens is 692 g/mol. The van der Waals surface area contributed by atoms with Crippen molar-refractivity contribution >= 4 is 32.8 Å². The van der Waals surface area contributed by atoms with Crippen LogP contribution >= 0.6 is 0 Å². The molecule has 0 unspecified atom stereocenters. The first-order valence-corrected chi connectivity index (χ1v) is 18.7. The first kappa shape index (κ1) is 40.4. The van der Waals surface area contributed by atoms with Crippen LogP contribution in [-0.2, 0) is 51.5 Å². The zero-order valence-electron chi connectivity index (χ0n) is 28.6. The average Bonchev–Trinajstić information content (AvgIpc) is 3.80. The Kier molecular flexibility index (Phi) is 15.9. The van der Waals surface area contributed by atoms with Crippen LogP contribution in [0.25, 0.3) is 11.0 Å². The normalized spacial score (nSPS) is 20.6. The first-order chi connectivity index (χ1) is 24.4. The van der Waals surface area contributed by atoms with Crippen molar-refractivity contribution in [3.8, 4) is 0 Å². The van der Waals surface area contributed by atoms with Gasteiger partial charge in [-0.15, -0.1) is 5.10 Å². The lowest BCUT2D eigenvalue weighted by Gasteiger charge is -2.23. The third kappa shape index (κ3) is 12.7. The highest BCUT2D eigenvalue weighted by molar-refractivity contribution is 7.88. The molecule has 10 N–H and O–H groups in total. The van der Waals surface area contributed by atoms with E-state index in [0.29, 0.717) is 88.5 Å². The van der Waals surface area contributed by atoms with E-state index >= 15 is 0 Å².